The second kappa shape index (κ2) is 6.86. The molecular weight excluding hydrogens is 308 g/mol. The number of aromatic nitrogens is 1. The summed E-state index contributed by atoms with van der Waals surface area (Å²) in [7, 11) is 0. The van der Waals surface area contributed by atoms with E-state index in [2.05, 4.69) is 37.0 Å². The van der Waals surface area contributed by atoms with Gasteiger partial charge in [-0.15, -0.1) is 0 Å². The van der Waals surface area contributed by atoms with Crippen LogP contribution in [0.3, 0.4) is 0 Å². The van der Waals surface area contributed by atoms with Crippen LogP contribution in [0.4, 0.5) is 0 Å². The first kappa shape index (κ1) is 14.3. The van der Waals surface area contributed by atoms with Gasteiger partial charge in [-0.2, -0.15) is 0 Å². The fourth-order valence-electron chi connectivity index (χ4n) is 2.60. The highest BCUT2D eigenvalue weighted by Gasteiger charge is 2.23. The fraction of sp³-hybridized carbons (Fsp3) is 0.538. The number of hydrogen-bond acceptors (Lipinski definition) is 4. The van der Waals surface area contributed by atoms with Gasteiger partial charge in [0.15, 0.2) is 5.84 Å². The molecule has 0 atom stereocenters. The first-order valence-electron chi connectivity index (χ1n) is 6.49. The van der Waals surface area contributed by atoms with Crippen LogP contribution in [0.25, 0.3) is 0 Å². The van der Waals surface area contributed by atoms with Crippen molar-refractivity contribution in [3.8, 4) is 0 Å². The minimum atomic E-state index is 0.259. The smallest absolute Gasteiger partial charge is 0.153 e. The van der Waals surface area contributed by atoms with E-state index < -0.39 is 0 Å². The third-order valence-electron chi connectivity index (χ3n) is 3.48. The monoisotopic (exact) mass is 326 g/mol. The molecule has 1 heterocycles. The van der Waals surface area contributed by atoms with E-state index in [1.54, 1.807) is 6.20 Å². The summed E-state index contributed by atoms with van der Waals surface area (Å²) in [4.78, 5) is 6.45. The Morgan fingerprint density at radius 1 is 1.47 bits per heavy atom. The van der Waals surface area contributed by atoms with Gasteiger partial charge in [0.1, 0.15) is 0 Å². The van der Waals surface area contributed by atoms with Crippen LogP contribution in [0.1, 0.15) is 31.2 Å². The number of nitrogens with two attached hydrogens (primary N) is 1. The van der Waals surface area contributed by atoms with Crippen molar-refractivity contribution in [2.45, 2.75) is 38.3 Å². The maximum Gasteiger partial charge on any atom is 0.153 e. The lowest BCUT2D eigenvalue weighted by molar-refractivity contribution is 0.214. The zero-order chi connectivity index (χ0) is 13.7. The Hall–Kier alpha value is -1.14. The maximum absolute atomic E-state index is 8.75. The predicted molar refractivity (Wildman–Crippen MR) is 78.0 cm³/mol. The highest BCUT2D eigenvalue weighted by atomic mass is 79.9. The standard InChI is InChI=1S/C13H19BrN4O/c14-11-5-10(6-16-7-11)8-18(9-13(15)17-19)12-3-1-2-4-12/h5-7,12,19H,1-4,8-9H2,(H2,15,17). The molecule has 5 nitrogen and oxygen atoms in total. The van der Waals surface area contributed by atoms with Gasteiger partial charge in [0.2, 0.25) is 0 Å². The molecule has 1 aromatic heterocycles. The van der Waals surface area contributed by atoms with Crippen molar-refractivity contribution in [3.63, 3.8) is 0 Å². The number of hydrogen-bond donors (Lipinski definition) is 2. The molecule has 0 spiro atoms. The summed E-state index contributed by atoms with van der Waals surface area (Å²) < 4.78 is 0.972. The summed E-state index contributed by atoms with van der Waals surface area (Å²) in [6.07, 6.45) is 8.51. The highest BCUT2D eigenvalue weighted by Crippen LogP contribution is 2.25. The van der Waals surface area contributed by atoms with Gasteiger partial charge >= 0.3 is 0 Å². The van der Waals surface area contributed by atoms with Crippen molar-refractivity contribution in [2.24, 2.45) is 10.9 Å². The van der Waals surface area contributed by atoms with Gasteiger partial charge in [-0.25, -0.2) is 0 Å². The van der Waals surface area contributed by atoms with Gasteiger partial charge in [-0.3, -0.25) is 9.88 Å². The summed E-state index contributed by atoms with van der Waals surface area (Å²) in [5.74, 6) is 0.259. The van der Waals surface area contributed by atoms with Gasteiger partial charge in [-0.05, 0) is 40.4 Å². The Kier molecular flexibility index (Phi) is 5.15. The van der Waals surface area contributed by atoms with E-state index >= 15 is 0 Å². The predicted octanol–water partition coefficient (Wildman–Crippen LogP) is 2.34. The molecule has 1 saturated carbocycles. The van der Waals surface area contributed by atoms with Crippen molar-refractivity contribution in [3.05, 3.63) is 28.5 Å². The van der Waals surface area contributed by atoms with E-state index in [-0.39, 0.29) is 5.84 Å². The lowest BCUT2D eigenvalue weighted by atomic mass is 10.1. The molecule has 1 fully saturated rings. The zero-order valence-corrected chi connectivity index (χ0v) is 12.4. The van der Waals surface area contributed by atoms with Crippen LogP contribution < -0.4 is 5.73 Å². The Morgan fingerprint density at radius 2 is 2.21 bits per heavy atom. The number of halogens is 1. The second-order valence-electron chi connectivity index (χ2n) is 4.95. The van der Waals surface area contributed by atoms with Crippen LogP contribution in [-0.4, -0.2) is 33.5 Å². The molecule has 0 aliphatic heterocycles. The molecule has 19 heavy (non-hydrogen) atoms. The largest absolute Gasteiger partial charge is 0.409 e. The molecule has 0 amide bonds. The van der Waals surface area contributed by atoms with E-state index in [9.17, 15) is 0 Å². The average Bonchev–Trinajstić information content (AvgIpc) is 2.91. The van der Waals surface area contributed by atoms with Gasteiger partial charge in [0.25, 0.3) is 0 Å². The van der Waals surface area contributed by atoms with E-state index in [1.165, 1.54) is 25.7 Å². The van der Waals surface area contributed by atoms with Crippen molar-refractivity contribution < 1.29 is 5.21 Å². The first-order valence-corrected chi connectivity index (χ1v) is 7.28. The van der Waals surface area contributed by atoms with Gasteiger partial charge in [0.05, 0.1) is 6.54 Å². The van der Waals surface area contributed by atoms with E-state index in [1.807, 2.05) is 6.20 Å². The Bertz CT molecular complexity index is 446. The summed E-state index contributed by atoms with van der Waals surface area (Å²) in [5.41, 5.74) is 6.79. The molecule has 0 bridgehead atoms. The molecule has 1 aliphatic carbocycles. The minimum absolute atomic E-state index is 0.259. The van der Waals surface area contributed by atoms with Crippen LogP contribution in [0.15, 0.2) is 28.1 Å². The highest BCUT2D eigenvalue weighted by molar-refractivity contribution is 9.10. The van der Waals surface area contributed by atoms with E-state index in [0.29, 0.717) is 12.6 Å². The van der Waals surface area contributed by atoms with Crippen LogP contribution >= 0.6 is 15.9 Å². The fourth-order valence-corrected chi connectivity index (χ4v) is 3.01. The number of pyridine rings is 1. The molecule has 3 N–H and O–H groups in total. The Labute approximate surface area is 121 Å². The molecule has 104 valence electrons. The van der Waals surface area contributed by atoms with Gasteiger partial charge in [-0.1, -0.05) is 18.0 Å². The number of rotatable bonds is 5. The normalized spacial score (nSPS) is 17.3. The molecule has 1 aromatic rings. The molecule has 1 aliphatic rings. The summed E-state index contributed by atoms with van der Waals surface area (Å²) >= 11 is 3.43. The number of amidine groups is 1. The molecule has 0 radical (unpaired) electrons. The van der Waals surface area contributed by atoms with Gasteiger partial charge < -0.3 is 10.9 Å². The van der Waals surface area contributed by atoms with Crippen molar-refractivity contribution in [1.29, 1.82) is 0 Å². The van der Waals surface area contributed by atoms with E-state index in [0.717, 1.165) is 16.6 Å². The Morgan fingerprint density at radius 3 is 2.84 bits per heavy atom. The summed E-state index contributed by atoms with van der Waals surface area (Å²) in [5, 5.41) is 11.8. The van der Waals surface area contributed by atoms with Crippen LogP contribution in [-0.2, 0) is 6.54 Å². The van der Waals surface area contributed by atoms with Crippen molar-refractivity contribution in [2.75, 3.05) is 6.54 Å². The third kappa shape index (κ3) is 4.18. The van der Waals surface area contributed by atoms with Crippen LogP contribution in [0.2, 0.25) is 0 Å². The summed E-state index contributed by atoms with van der Waals surface area (Å²) in [6, 6.07) is 2.57. The molecule has 0 aromatic carbocycles. The molecular formula is C13H19BrN4O. The molecule has 2 rings (SSSR count). The van der Waals surface area contributed by atoms with Crippen molar-refractivity contribution in [1.82, 2.24) is 9.88 Å². The van der Waals surface area contributed by atoms with E-state index in [4.69, 9.17) is 10.9 Å². The quantitative estimate of drug-likeness (QED) is 0.377. The number of oxime groups is 1. The average molecular weight is 327 g/mol. The molecule has 0 saturated heterocycles. The zero-order valence-electron chi connectivity index (χ0n) is 10.8. The minimum Gasteiger partial charge on any atom is -0.409 e. The molecule has 0 unspecified atom stereocenters. The van der Waals surface area contributed by atoms with Crippen molar-refractivity contribution >= 4 is 21.8 Å². The third-order valence-corrected chi connectivity index (χ3v) is 3.92. The Balaban J connectivity index is 2.08. The maximum atomic E-state index is 8.75. The second-order valence-corrected chi connectivity index (χ2v) is 5.86. The van der Waals surface area contributed by atoms with Crippen LogP contribution in [0.5, 0.6) is 0 Å². The number of nitrogens with zero attached hydrogens (tertiary/aromatic N) is 3. The summed E-state index contributed by atoms with van der Waals surface area (Å²) in [6.45, 7) is 1.26. The SMILES string of the molecule is N/C(CN(Cc1cncc(Br)c1)C1CCCC1)=N/O. The first-order chi connectivity index (χ1) is 9.19. The van der Waals surface area contributed by atoms with Gasteiger partial charge in [0, 0.05) is 29.5 Å². The topological polar surface area (TPSA) is 74.7 Å². The molecule has 6 heteroatoms. The van der Waals surface area contributed by atoms with Crippen LogP contribution in [0, 0.1) is 0 Å². The lowest BCUT2D eigenvalue weighted by Gasteiger charge is -2.28. The lowest BCUT2D eigenvalue weighted by Crippen LogP contribution is -2.39.